The Balaban J connectivity index is 1.60. The molecule has 1 aliphatic heterocycles. The highest BCUT2D eigenvalue weighted by molar-refractivity contribution is 7.91. The van der Waals surface area contributed by atoms with Gasteiger partial charge in [-0.15, -0.1) is 0 Å². The van der Waals surface area contributed by atoms with E-state index in [1.807, 2.05) is 24.3 Å². The molecule has 0 aromatic heterocycles. The summed E-state index contributed by atoms with van der Waals surface area (Å²) in [5, 5.41) is 0. The topological polar surface area (TPSA) is 63.7 Å². The van der Waals surface area contributed by atoms with Crippen molar-refractivity contribution in [2.45, 2.75) is 43.5 Å². The summed E-state index contributed by atoms with van der Waals surface area (Å²) >= 11 is 0. The van der Waals surface area contributed by atoms with E-state index in [0.717, 1.165) is 6.42 Å². The molecule has 0 spiro atoms. The Labute approximate surface area is 167 Å². The number of ether oxygens (including phenoxy) is 1. The van der Waals surface area contributed by atoms with E-state index in [-0.39, 0.29) is 24.3 Å². The molecule has 0 aliphatic carbocycles. The fourth-order valence-electron chi connectivity index (χ4n) is 3.49. The van der Waals surface area contributed by atoms with Crippen LogP contribution in [0.25, 0.3) is 0 Å². The number of nitrogens with zero attached hydrogens (tertiary/aromatic N) is 1. The molecule has 3 rings (SSSR count). The molecule has 0 N–H and O–H groups in total. The Morgan fingerprint density at radius 1 is 1.11 bits per heavy atom. The number of carbonyl (C=O) groups excluding carboxylic acids is 1. The summed E-state index contributed by atoms with van der Waals surface area (Å²) in [6.45, 7) is 4.74. The van der Waals surface area contributed by atoms with E-state index in [0.29, 0.717) is 29.5 Å². The van der Waals surface area contributed by atoms with Crippen molar-refractivity contribution in [3.8, 4) is 5.75 Å². The summed E-state index contributed by atoms with van der Waals surface area (Å²) in [6, 6.07) is 15.8. The first-order valence-electron chi connectivity index (χ1n) is 9.67. The number of carbonyl (C=O) groups is 1. The van der Waals surface area contributed by atoms with Crippen LogP contribution in [0.5, 0.6) is 5.75 Å². The summed E-state index contributed by atoms with van der Waals surface area (Å²) < 4.78 is 30.9. The van der Waals surface area contributed by atoms with E-state index in [1.54, 1.807) is 35.2 Å². The molecule has 1 heterocycles. The number of rotatable bonds is 7. The highest BCUT2D eigenvalue weighted by Gasteiger charge is 2.33. The third-order valence-electron chi connectivity index (χ3n) is 5.12. The minimum absolute atomic E-state index is 0.0498. The van der Waals surface area contributed by atoms with E-state index < -0.39 is 9.84 Å². The number of sulfone groups is 1. The molecule has 1 fully saturated rings. The van der Waals surface area contributed by atoms with Gasteiger partial charge in [0.25, 0.3) is 5.91 Å². The fraction of sp³-hybridized carbons (Fsp3) is 0.409. The van der Waals surface area contributed by atoms with Gasteiger partial charge < -0.3 is 9.64 Å². The second-order valence-corrected chi connectivity index (χ2v) is 9.52. The zero-order chi connectivity index (χ0) is 20.1. The molecule has 2 aromatic carbocycles. The molecular weight excluding hydrogens is 374 g/mol. The van der Waals surface area contributed by atoms with Crippen LogP contribution in [0.1, 0.15) is 38.2 Å². The zero-order valence-electron chi connectivity index (χ0n) is 16.4. The van der Waals surface area contributed by atoms with Gasteiger partial charge in [0.15, 0.2) is 16.4 Å². The second-order valence-electron chi connectivity index (χ2n) is 7.49. The van der Waals surface area contributed by atoms with Crippen LogP contribution in [-0.2, 0) is 14.6 Å². The average molecular weight is 402 g/mol. The van der Waals surface area contributed by atoms with Gasteiger partial charge in [0.05, 0.1) is 10.6 Å². The third-order valence-corrected chi connectivity index (χ3v) is 6.93. The highest BCUT2D eigenvalue weighted by atomic mass is 32.2. The fourth-order valence-corrected chi connectivity index (χ4v) is 5.11. The third kappa shape index (κ3) is 4.93. The summed E-state index contributed by atoms with van der Waals surface area (Å²) in [5.74, 6) is 0.864. The molecule has 1 saturated heterocycles. The molecule has 28 heavy (non-hydrogen) atoms. The van der Waals surface area contributed by atoms with Crippen molar-refractivity contribution in [1.29, 1.82) is 0 Å². The van der Waals surface area contributed by atoms with Crippen molar-refractivity contribution in [2.24, 2.45) is 0 Å². The molecule has 150 valence electrons. The monoisotopic (exact) mass is 401 g/mol. The van der Waals surface area contributed by atoms with E-state index in [1.165, 1.54) is 5.56 Å². The first-order chi connectivity index (χ1) is 13.4. The summed E-state index contributed by atoms with van der Waals surface area (Å²) in [6.07, 6.45) is 1.50. The van der Waals surface area contributed by atoms with E-state index >= 15 is 0 Å². The SMILES string of the molecule is CC(C)c1ccc(OCC(=O)N2CCCC2CS(=O)(=O)c2ccccc2)cc1. The highest BCUT2D eigenvalue weighted by Crippen LogP contribution is 2.23. The number of hydrogen-bond donors (Lipinski definition) is 0. The van der Waals surface area contributed by atoms with E-state index in [4.69, 9.17) is 4.74 Å². The molecule has 5 nitrogen and oxygen atoms in total. The standard InChI is InChI=1S/C22H27NO4S/c1-17(2)18-10-12-20(13-11-18)27-15-22(24)23-14-6-7-19(23)16-28(25,26)21-8-4-3-5-9-21/h3-5,8-13,17,19H,6-7,14-16H2,1-2H3. The molecule has 0 radical (unpaired) electrons. The number of likely N-dealkylation sites (tertiary alicyclic amines) is 1. The van der Waals surface area contributed by atoms with Gasteiger partial charge in [-0.25, -0.2) is 8.42 Å². The lowest BCUT2D eigenvalue weighted by molar-refractivity contribution is -0.133. The molecule has 1 unspecified atom stereocenters. The summed E-state index contributed by atoms with van der Waals surface area (Å²) in [7, 11) is -3.42. The van der Waals surface area contributed by atoms with Crippen molar-refractivity contribution < 1.29 is 17.9 Å². The zero-order valence-corrected chi connectivity index (χ0v) is 17.2. The van der Waals surface area contributed by atoms with Gasteiger partial charge in [-0.2, -0.15) is 0 Å². The first-order valence-corrected chi connectivity index (χ1v) is 11.3. The van der Waals surface area contributed by atoms with Crippen molar-refractivity contribution in [1.82, 2.24) is 4.90 Å². The number of benzene rings is 2. The molecule has 0 bridgehead atoms. The predicted molar refractivity (Wildman–Crippen MR) is 109 cm³/mol. The van der Waals surface area contributed by atoms with Crippen LogP contribution in [0.3, 0.4) is 0 Å². The Morgan fingerprint density at radius 2 is 1.79 bits per heavy atom. The van der Waals surface area contributed by atoms with Crippen molar-refractivity contribution in [3.05, 3.63) is 60.2 Å². The molecule has 1 aliphatic rings. The van der Waals surface area contributed by atoms with Crippen LogP contribution in [0.15, 0.2) is 59.5 Å². The Hall–Kier alpha value is -2.34. The van der Waals surface area contributed by atoms with Gasteiger partial charge >= 0.3 is 0 Å². The lowest BCUT2D eigenvalue weighted by Crippen LogP contribution is -2.42. The van der Waals surface area contributed by atoms with Gasteiger partial charge in [0, 0.05) is 12.6 Å². The summed E-state index contributed by atoms with van der Waals surface area (Å²) in [4.78, 5) is 14.6. The van der Waals surface area contributed by atoms with Gasteiger partial charge in [0.1, 0.15) is 5.75 Å². The first kappa shape index (κ1) is 20.4. The molecule has 1 amide bonds. The molecule has 2 aromatic rings. The summed E-state index contributed by atoms with van der Waals surface area (Å²) in [5.41, 5.74) is 1.21. The average Bonchev–Trinajstić information content (AvgIpc) is 3.14. The van der Waals surface area contributed by atoms with Gasteiger partial charge in [-0.05, 0) is 48.6 Å². The van der Waals surface area contributed by atoms with Gasteiger partial charge in [0.2, 0.25) is 0 Å². The Bertz CT molecular complexity index is 892. The Morgan fingerprint density at radius 3 is 2.43 bits per heavy atom. The normalized spacial score (nSPS) is 17.1. The van der Waals surface area contributed by atoms with Crippen LogP contribution in [0, 0.1) is 0 Å². The lowest BCUT2D eigenvalue weighted by atomic mass is 10.0. The van der Waals surface area contributed by atoms with Crippen molar-refractivity contribution >= 4 is 15.7 Å². The Kier molecular flexibility index (Phi) is 6.39. The maximum Gasteiger partial charge on any atom is 0.260 e. The number of hydrogen-bond acceptors (Lipinski definition) is 4. The van der Waals surface area contributed by atoms with E-state index in [9.17, 15) is 13.2 Å². The number of amides is 1. The molecule has 6 heteroatoms. The molecule has 0 saturated carbocycles. The predicted octanol–water partition coefficient (Wildman–Crippen LogP) is 3.65. The van der Waals surface area contributed by atoms with Crippen LogP contribution >= 0.6 is 0 Å². The molecule has 1 atom stereocenters. The maximum atomic E-state index is 12.7. The largest absolute Gasteiger partial charge is 0.484 e. The van der Waals surface area contributed by atoms with Crippen molar-refractivity contribution in [2.75, 3.05) is 18.9 Å². The van der Waals surface area contributed by atoms with Crippen molar-refractivity contribution in [3.63, 3.8) is 0 Å². The second kappa shape index (κ2) is 8.78. The minimum Gasteiger partial charge on any atom is -0.484 e. The maximum absolute atomic E-state index is 12.7. The van der Waals surface area contributed by atoms with Gasteiger partial charge in [-0.1, -0.05) is 44.2 Å². The van der Waals surface area contributed by atoms with Crippen LogP contribution < -0.4 is 4.74 Å². The lowest BCUT2D eigenvalue weighted by Gasteiger charge is -2.24. The van der Waals surface area contributed by atoms with Crippen LogP contribution in [0.2, 0.25) is 0 Å². The van der Waals surface area contributed by atoms with E-state index in [2.05, 4.69) is 13.8 Å². The minimum atomic E-state index is -3.42. The molecular formula is C22H27NO4S. The smallest absolute Gasteiger partial charge is 0.260 e. The van der Waals surface area contributed by atoms with Crippen LogP contribution in [-0.4, -0.2) is 44.2 Å². The quantitative estimate of drug-likeness (QED) is 0.710. The van der Waals surface area contributed by atoms with Gasteiger partial charge in [-0.3, -0.25) is 4.79 Å². The van der Waals surface area contributed by atoms with Crippen LogP contribution in [0.4, 0.5) is 0 Å².